The molecule has 4 nitrogen and oxygen atoms in total. The third kappa shape index (κ3) is 2.59. The van der Waals surface area contributed by atoms with Crippen molar-refractivity contribution in [3.8, 4) is 0 Å². The zero-order valence-corrected chi connectivity index (χ0v) is 7.99. The number of hydrogen-bond donors (Lipinski definition) is 1. The van der Waals surface area contributed by atoms with Crippen molar-refractivity contribution in [3.63, 3.8) is 0 Å². The van der Waals surface area contributed by atoms with Gasteiger partial charge in [-0.25, -0.2) is 9.97 Å². The summed E-state index contributed by atoms with van der Waals surface area (Å²) in [5.41, 5.74) is 7.31. The smallest absolute Gasteiger partial charge is 0.129 e. The lowest BCUT2D eigenvalue weighted by Crippen LogP contribution is -2.08. The molecule has 0 unspecified atom stereocenters. The van der Waals surface area contributed by atoms with Crippen LogP contribution in [-0.4, -0.2) is 29.8 Å². The van der Waals surface area contributed by atoms with Crippen molar-refractivity contribution >= 4 is 6.21 Å². The van der Waals surface area contributed by atoms with Gasteiger partial charge in [0.15, 0.2) is 0 Å². The molecule has 1 heterocycles. The molecule has 0 atom stereocenters. The van der Waals surface area contributed by atoms with Crippen LogP contribution in [0.1, 0.15) is 17.1 Å². The Hall–Kier alpha value is -1.29. The molecule has 0 aliphatic rings. The Labute approximate surface area is 77.9 Å². The first-order valence-corrected chi connectivity index (χ1v) is 4.22. The highest BCUT2D eigenvalue weighted by Crippen LogP contribution is 2.01. The van der Waals surface area contributed by atoms with E-state index in [2.05, 4.69) is 15.0 Å². The Kier molecular flexibility index (Phi) is 3.52. The van der Waals surface area contributed by atoms with Crippen molar-refractivity contribution < 1.29 is 0 Å². The number of nitrogens with zero attached hydrogens (tertiary/aromatic N) is 3. The van der Waals surface area contributed by atoms with Crippen molar-refractivity contribution in [1.29, 1.82) is 0 Å². The van der Waals surface area contributed by atoms with Gasteiger partial charge in [-0.15, -0.1) is 0 Å². The van der Waals surface area contributed by atoms with Gasteiger partial charge >= 0.3 is 0 Å². The zero-order valence-electron chi connectivity index (χ0n) is 7.99. The fourth-order valence-electron chi connectivity index (χ4n) is 1.04. The highest BCUT2D eigenvalue weighted by Gasteiger charge is 1.99. The number of nitrogens with two attached hydrogens (primary N) is 1. The first kappa shape index (κ1) is 9.80. The van der Waals surface area contributed by atoms with Crippen LogP contribution in [0.2, 0.25) is 0 Å². The van der Waals surface area contributed by atoms with E-state index in [-0.39, 0.29) is 0 Å². The van der Waals surface area contributed by atoms with Crippen molar-refractivity contribution in [2.45, 2.75) is 13.3 Å². The Bertz CT molecular complexity index is 306. The molecule has 70 valence electrons. The first-order chi connectivity index (χ1) is 6.27. The summed E-state index contributed by atoms with van der Waals surface area (Å²) in [5, 5.41) is 0. The number of aromatic nitrogens is 2. The van der Waals surface area contributed by atoms with E-state index in [1.165, 1.54) is 0 Å². The van der Waals surface area contributed by atoms with Gasteiger partial charge in [0.2, 0.25) is 0 Å². The van der Waals surface area contributed by atoms with Crippen LogP contribution in [0.15, 0.2) is 11.2 Å². The normalized spacial score (nSPS) is 11.0. The van der Waals surface area contributed by atoms with Crippen LogP contribution in [0.3, 0.4) is 0 Å². The van der Waals surface area contributed by atoms with Gasteiger partial charge in [-0.2, -0.15) is 0 Å². The molecule has 1 aromatic heterocycles. The summed E-state index contributed by atoms with van der Waals surface area (Å²) in [5.74, 6) is 0.799. The van der Waals surface area contributed by atoms with Crippen LogP contribution in [0.4, 0.5) is 0 Å². The van der Waals surface area contributed by atoms with Crippen LogP contribution in [0.5, 0.6) is 0 Å². The molecular weight excluding hydrogens is 164 g/mol. The van der Waals surface area contributed by atoms with Gasteiger partial charge in [0, 0.05) is 37.1 Å². The molecule has 0 saturated carbocycles. The number of rotatable bonds is 3. The Morgan fingerprint density at radius 1 is 1.62 bits per heavy atom. The fourth-order valence-corrected chi connectivity index (χ4v) is 1.04. The van der Waals surface area contributed by atoms with Crippen LogP contribution >= 0.6 is 0 Å². The van der Waals surface area contributed by atoms with E-state index >= 15 is 0 Å². The van der Waals surface area contributed by atoms with Gasteiger partial charge in [-0.1, -0.05) is 0 Å². The van der Waals surface area contributed by atoms with Gasteiger partial charge in [0.25, 0.3) is 0 Å². The lowest BCUT2D eigenvalue weighted by Gasteiger charge is -2.01. The molecule has 0 aromatic carbocycles. The summed E-state index contributed by atoms with van der Waals surface area (Å²) in [7, 11) is 1.73. The van der Waals surface area contributed by atoms with Gasteiger partial charge in [0.05, 0.1) is 0 Å². The molecule has 0 spiro atoms. The second kappa shape index (κ2) is 4.67. The molecule has 0 aliphatic heterocycles. The van der Waals surface area contributed by atoms with Gasteiger partial charge in [-0.3, -0.25) is 4.99 Å². The average Bonchev–Trinajstić information content (AvgIpc) is 2.10. The molecular formula is C9H14N4. The second-order valence-electron chi connectivity index (χ2n) is 2.75. The third-order valence-electron chi connectivity index (χ3n) is 1.70. The highest BCUT2D eigenvalue weighted by atomic mass is 14.9. The molecule has 0 amide bonds. The second-order valence-corrected chi connectivity index (χ2v) is 2.75. The molecule has 0 bridgehead atoms. The van der Waals surface area contributed by atoms with E-state index in [9.17, 15) is 0 Å². The van der Waals surface area contributed by atoms with E-state index < -0.39 is 0 Å². The fraction of sp³-hybridized carbons (Fsp3) is 0.444. The van der Waals surface area contributed by atoms with Crippen LogP contribution < -0.4 is 5.73 Å². The summed E-state index contributed by atoms with van der Waals surface area (Å²) < 4.78 is 0. The molecule has 0 radical (unpaired) electrons. The number of aryl methyl sites for hydroxylation is 1. The Morgan fingerprint density at radius 2 is 2.38 bits per heavy atom. The first-order valence-electron chi connectivity index (χ1n) is 4.22. The standard InChI is InChI=1S/C9H14N4/c1-7-8(5-11-2)6-12-9(13-7)3-4-10/h5-6H,3-4,10H2,1-2H3. The summed E-state index contributed by atoms with van der Waals surface area (Å²) in [6, 6.07) is 0. The van der Waals surface area contributed by atoms with E-state index in [0.717, 1.165) is 23.5 Å². The molecule has 0 fully saturated rings. The highest BCUT2D eigenvalue weighted by molar-refractivity contribution is 5.80. The topological polar surface area (TPSA) is 64.2 Å². The van der Waals surface area contributed by atoms with Gasteiger partial charge < -0.3 is 5.73 Å². The van der Waals surface area contributed by atoms with Gasteiger partial charge in [0.1, 0.15) is 5.82 Å². The van der Waals surface area contributed by atoms with Crippen molar-refractivity contribution in [2.75, 3.05) is 13.6 Å². The molecule has 13 heavy (non-hydrogen) atoms. The molecule has 4 heteroatoms. The largest absolute Gasteiger partial charge is 0.330 e. The maximum Gasteiger partial charge on any atom is 0.129 e. The quantitative estimate of drug-likeness (QED) is 0.678. The summed E-state index contributed by atoms with van der Waals surface area (Å²) in [4.78, 5) is 12.4. The Balaban J connectivity index is 2.91. The van der Waals surface area contributed by atoms with E-state index in [1.54, 1.807) is 19.5 Å². The van der Waals surface area contributed by atoms with Crippen LogP contribution in [0, 0.1) is 6.92 Å². The zero-order chi connectivity index (χ0) is 9.68. The van der Waals surface area contributed by atoms with E-state index in [1.807, 2.05) is 6.92 Å². The molecule has 1 aromatic rings. The van der Waals surface area contributed by atoms with Crippen molar-refractivity contribution in [2.24, 2.45) is 10.7 Å². The average molecular weight is 178 g/mol. The SMILES string of the molecule is CN=Cc1cnc(CCN)nc1C. The van der Waals surface area contributed by atoms with E-state index in [0.29, 0.717) is 6.54 Å². The summed E-state index contributed by atoms with van der Waals surface area (Å²) in [6.07, 6.45) is 4.26. The number of aliphatic imine (C=N–C) groups is 1. The number of hydrogen-bond acceptors (Lipinski definition) is 4. The maximum absolute atomic E-state index is 5.40. The van der Waals surface area contributed by atoms with Crippen LogP contribution in [0.25, 0.3) is 0 Å². The van der Waals surface area contributed by atoms with Crippen LogP contribution in [-0.2, 0) is 6.42 Å². The minimum atomic E-state index is 0.584. The van der Waals surface area contributed by atoms with E-state index in [4.69, 9.17) is 5.73 Å². The molecule has 0 saturated heterocycles. The molecule has 1 rings (SSSR count). The third-order valence-corrected chi connectivity index (χ3v) is 1.70. The van der Waals surface area contributed by atoms with Gasteiger partial charge in [-0.05, 0) is 13.5 Å². The maximum atomic E-state index is 5.40. The van der Waals surface area contributed by atoms with Crippen molar-refractivity contribution in [3.05, 3.63) is 23.3 Å². The summed E-state index contributed by atoms with van der Waals surface area (Å²) in [6.45, 7) is 2.53. The molecule has 0 aliphatic carbocycles. The lowest BCUT2D eigenvalue weighted by atomic mass is 10.2. The lowest BCUT2D eigenvalue weighted by molar-refractivity contribution is 0.854. The molecule has 2 N–H and O–H groups in total. The predicted octanol–water partition coefficient (Wildman–Crippen LogP) is 0.335. The monoisotopic (exact) mass is 178 g/mol. The minimum absolute atomic E-state index is 0.584. The Morgan fingerprint density at radius 3 is 2.92 bits per heavy atom. The summed E-state index contributed by atoms with van der Waals surface area (Å²) >= 11 is 0. The predicted molar refractivity (Wildman–Crippen MR) is 53.0 cm³/mol. The van der Waals surface area contributed by atoms with Crippen molar-refractivity contribution in [1.82, 2.24) is 9.97 Å². The minimum Gasteiger partial charge on any atom is -0.330 e.